The lowest BCUT2D eigenvalue weighted by Gasteiger charge is -2.24. The summed E-state index contributed by atoms with van der Waals surface area (Å²) in [6, 6.07) is 15.9. The lowest BCUT2D eigenvalue weighted by molar-refractivity contribution is -0.121. The number of para-hydroxylation sites is 1. The van der Waals surface area contributed by atoms with E-state index in [-0.39, 0.29) is 28.9 Å². The van der Waals surface area contributed by atoms with Gasteiger partial charge in [-0.25, -0.2) is 4.68 Å². The third-order valence-electron chi connectivity index (χ3n) is 6.13. The van der Waals surface area contributed by atoms with Crippen molar-refractivity contribution in [1.29, 1.82) is 0 Å². The molecular formula is C27H32N4O3S. The molecule has 1 unspecified atom stereocenters. The van der Waals surface area contributed by atoms with E-state index in [1.54, 1.807) is 18.9 Å². The molecule has 1 aliphatic heterocycles. The first-order valence-corrected chi connectivity index (χ1v) is 12.8. The van der Waals surface area contributed by atoms with Gasteiger partial charge in [0.1, 0.15) is 18.1 Å². The summed E-state index contributed by atoms with van der Waals surface area (Å²) in [6.07, 6.45) is 0.802. The largest absolute Gasteiger partial charge is 0.497 e. The van der Waals surface area contributed by atoms with E-state index in [9.17, 15) is 9.59 Å². The first kappa shape index (κ1) is 24.9. The van der Waals surface area contributed by atoms with Crippen LogP contribution in [0.3, 0.4) is 0 Å². The summed E-state index contributed by atoms with van der Waals surface area (Å²) in [5.41, 5.74) is 10.2. The minimum Gasteiger partial charge on any atom is -0.497 e. The van der Waals surface area contributed by atoms with Gasteiger partial charge < -0.3 is 10.5 Å². The second-order valence-corrected chi connectivity index (χ2v) is 10.7. The molecule has 2 aromatic carbocycles. The number of benzene rings is 2. The zero-order valence-corrected chi connectivity index (χ0v) is 21.7. The van der Waals surface area contributed by atoms with Crippen LogP contribution in [-0.4, -0.2) is 41.0 Å². The summed E-state index contributed by atoms with van der Waals surface area (Å²) in [4.78, 5) is 27.0. The van der Waals surface area contributed by atoms with Crippen molar-refractivity contribution in [3.8, 4) is 11.4 Å². The highest BCUT2D eigenvalue weighted by molar-refractivity contribution is 8.00. The molecule has 2 heterocycles. The fraction of sp³-hybridized carbons (Fsp3) is 0.370. The number of aromatic nitrogens is 2. The van der Waals surface area contributed by atoms with E-state index in [0.717, 1.165) is 40.2 Å². The minimum atomic E-state index is -0.564. The van der Waals surface area contributed by atoms with Crippen molar-refractivity contribution >= 4 is 29.4 Å². The molecule has 4 rings (SSSR count). The van der Waals surface area contributed by atoms with Crippen LogP contribution in [0.2, 0.25) is 0 Å². The van der Waals surface area contributed by atoms with Crippen LogP contribution in [0, 0.1) is 0 Å². The topological polar surface area (TPSA) is 90.5 Å². The molecule has 0 saturated heterocycles. The fourth-order valence-electron chi connectivity index (χ4n) is 4.46. The predicted octanol–water partition coefficient (Wildman–Crippen LogP) is 4.40. The molecule has 2 amide bonds. The molecule has 35 heavy (non-hydrogen) atoms. The average molecular weight is 493 g/mol. The molecule has 0 aliphatic carbocycles. The van der Waals surface area contributed by atoms with E-state index in [0.29, 0.717) is 5.82 Å². The highest BCUT2D eigenvalue weighted by atomic mass is 32.2. The van der Waals surface area contributed by atoms with Gasteiger partial charge in [-0.3, -0.25) is 14.5 Å². The molecule has 1 aromatic heterocycles. The number of nitrogens with zero attached hydrogens (tertiary/aromatic N) is 3. The number of fused-ring (bicyclic) bond motifs is 1. The first-order valence-electron chi connectivity index (χ1n) is 11.7. The number of nitrogens with two attached hydrogens (primary N) is 1. The van der Waals surface area contributed by atoms with Crippen molar-refractivity contribution in [1.82, 2.24) is 9.78 Å². The van der Waals surface area contributed by atoms with E-state index in [1.165, 1.54) is 4.90 Å². The third-order valence-corrected chi connectivity index (χ3v) is 7.39. The van der Waals surface area contributed by atoms with Gasteiger partial charge in [0.15, 0.2) is 0 Å². The van der Waals surface area contributed by atoms with Gasteiger partial charge in [0.25, 0.3) is 0 Å². The van der Waals surface area contributed by atoms with Gasteiger partial charge in [-0.1, -0.05) is 58.0 Å². The molecule has 184 valence electrons. The number of hydrogen-bond donors (Lipinski definition) is 1. The van der Waals surface area contributed by atoms with Crippen LogP contribution >= 0.6 is 11.8 Å². The summed E-state index contributed by atoms with van der Waals surface area (Å²) in [6.45, 7) is 8.24. The number of rotatable bonds is 6. The number of ether oxygens (including phenoxy) is 1. The second kappa shape index (κ2) is 9.77. The van der Waals surface area contributed by atoms with Gasteiger partial charge in [0.2, 0.25) is 11.8 Å². The summed E-state index contributed by atoms with van der Waals surface area (Å²) in [5, 5.41) is 4.96. The highest BCUT2D eigenvalue weighted by Crippen LogP contribution is 2.48. The molecule has 0 bridgehead atoms. The highest BCUT2D eigenvalue weighted by Gasteiger charge is 2.39. The van der Waals surface area contributed by atoms with Crippen molar-refractivity contribution in [2.24, 2.45) is 5.73 Å². The summed E-state index contributed by atoms with van der Waals surface area (Å²) < 4.78 is 7.20. The Bertz CT molecular complexity index is 1240. The van der Waals surface area contributed by atoms with Crippen molar-refractivity contribution in [3.05, 3.63) is 70.9 Å². The minimum absolute atomic E-state index is 0.158. The number of thioether (sulfide) groups is 1. The van der Waals surface area contributed by atoms with E-state index < -0.39 is 5.91 Å². The maximum absolute atomic E-state index is 13.4. The molecule has 1 aliphatic rings. The van der Waals surface area contributed by atoms with Crippen LogP contribution < -0.4 is 15.4 Å². The maximum Gasteiger partial charge on any atom is 0.238 e. The maximum atomic E-state index is 13.4. The zero-order chi connectivity index (χ0) is 25.3. The summed E-state index contributed by atoms with van der Waals surface area (Å²) in [7, 11) is 1.64. The zero-order valence-electron chi connectivity index (χ0n) is 20.9. The standard InChI is InChI=1S/C27H32N4O3S/c1-6-17-9-7-8-10-20(17)31-26-23(25(29-31)27(2,3)4)24(18-11-13-19(34-5)14-12-18)35-16-22(33)30(26)15-21(28)32/h7-14,24H,6,15-16H2,1-5H3,(H2,28,32). The smallest absolute Gasteiger partial charge is 0.238 e. The second-order valence-electron chi connectivity index (χ2n) is 9.64. The Morgan fingerprint density at radius 3 is 2.46 bits per heavy atom. The van der Waals surface area contributed by atoms with E-state index in [4.69, 9.17) is 15.6 Å². The third kappa shape index (κ3) is 4.80. The quantitative estimate of drug-likeness (QED) is 0.551. The van der Waals surface area contributed by atoms with Crippen molar-refractivity contribution in [2.45, 2.75) is 44.8 Å². The molecular weight excluding hydrogens is 460 g/mol. The van der Waals surface area contributed by atoms with Crippen LogP contribution in [-0.2, 0) is 21.4 Å². The molecule has 3 aromatic rings. The molecule has 2 N–H and O–H groups in total. The predicted molar refractivity (Wildman–Crippen MR) is 140 cm³/mol. The Morgan fingerprint density at radius 1 is 1.17 bits per heavy atom. The number of carbonyl (C=O) groups excluding carboxylic acids is 2. The Labute approximate surface area is 210 Å². The number of anilines is 1. The monoisotopic (exact) mass is 492 g/mol. The SMILES string of the molecule is CCc1ccccc1-n1nc(C(C)(C)C)c2c1N(CC(N)=O)C(=O)CSC2c1ccc(OC)cc1. The first-order chi connectivity index (χ1) is 16.7. The van der Waals surface area contributed by atoms with Gasteiger partial charge in [-0.05, 0) is 35.7 Å². The van der Waals surface area contributed by atoms with Crippen LogP contribution in [0.15, 0.2) is 48.5 Å². The molecule has 0 saturated carbocycles. The van der Waals surface area contributed by atoms with Crippen LogP contribution in [0.4, 0.5) is 5.82 Å². The molecule has 0 fully saturated rings. The number of aryl methyl sites for hydroxylation is 1. The van der Waals surface area contributed by atoms with Crippen LogP contribution in [0.5, 0.6) is 5.75 Å². The lowest BCUT2D eigenvalue weighted by Crippen LogP contribution is -2.40. The van der Waals surface area contributed by atoms with Crippen molar-refractivity contribution < 1.29 is 14.3 Å². The number of amides is 2. The van der Waals surface area contributed by atoms with E-state index in [2.05, 4.69) is 33.8 Å². The Balaban J connectivity index is 2.07. The van der Waals surface area contributed by atoms with Gasteiger partial charge in [0.05, 0.1) is 29.5 Å². The molecule has 0 spiro atoms. The van der Waals surface area contributed by atoms with E-state index in [1.807, 2.05) is 47.1 Å². The normalized spacial score (nSPS) is 16.1. The van der Waals surface area contributed by atoms with Gasteiger partial charge >= 0.3 is 0 Å². The number of primary amides is 1. The van der Waals surface area contributed by atoms with Gasteiger partial charge in [-0.15, -0.1) is 11.8 Å². The van der Waals surface area contributed by atoms with Gasteiger partial charge in [0, 0.05) is 11.0 Å². The van der Waals surface area contributed by atoms with Crippen molar-refractivity contribution in [2.75, 3.05) is 24.3 Å². The van der Waals surface area contributed by atoms with Crippen molar-refractivity contribution in [3.63, 3.8) is 0 Å². The number of carbonyl (C=O) groups is 2. The summed E-state index contributed by atoms with van der Waals surface area (Å²) >= 11 is 1.54. The number of hydrogen-bond acceptors (Lipinski definition) is 5. The molecule has 8 heteroatoms. The molecule has 0 radical (unpaired) electrons. The Morgan fingerprint density at radius 2 is 1.86 bits per heavy atom. The lowest BCUT2D eigenvalue weighted by atomic mass is 9.87. The fourth-order valence-corrected chi connectivity index (χ4v) is 5.65. The summed E-state index contributed by atoms with van der Waals surface area (Å²) in [5.74, 6) is 0.873. The van der Waals surface area contributed by atoms with E-state index >= 15 is 0 Å². The van der Waals surface area contributed by atoms with Crippen LogP contribution in [0.1, 0.15) is 55.3 Å². The average Bonchev–Trinajstić information content (AvgIpc) is 3.17. The number of methoxy groups -OCH3 is 1. The Hall–Kier alpha value is -3.26. The Kier molecular flexibility index (Phi) is 6.94. The molecule has 1 atom stereocenters. The van der Waals surface area contributed by atoms with Gasteiger partial charge in [-0.2, -0.15) is 5.10 Å². The molecule has 7 nitrogen and oxygen atoms in total. The van der Waals surface area contributed by atoms with Crippen LogP contribution in [0.25, 0.3) is 5.69 Å².